The predicted octanol–water partition coefficient (Wildman–Crippen LogP) is -0.246. The van der Waals surface area contributed by atoms with Crippen LogP contribution in [0.5, 0.6) is 0 Å². The molecule has 15 heavy (non-hydrogen) atoms. The van der Waals surface area contributed by atoms with Gasteiger partial charge in [-0.05, 0) is 18.6 Å². The molecule has 0 aromatic carbocycles. The van der Waals surface area contributed by atoms with Gasteiger partial charge in [0.1, 0.15) is 5.82 Å². The van der Waals surface area contributed by atoms with Gasteiger partial charge in [-0.25, -0.2) is 18.5 Å². The molecule has 0 radical (unpaired) electrons. The van der Waals surface area contributed by atoms with Gasteiger partial charge < -0.3 is 11.1 Å². The summed E-state index contributed by atoms with van der Waals surface area (Å²) in [4.78, 5) is 4.00. The highest BCUT2D eigenvalue weighted by atomic mass is 32.2. The van der Waals surface area contributed by atoms with Gasteiger partial charge in [-0.1, -0.05) is 0 Å². The van der Waals surface area contributed by atoms with E-state index in [0.29, 0.717) is 24.5 Å². The topological polar surface area (TPSA) is 111 Å². The maximum Gasteiger partial charge on any atom is 0.209 e. The molecule has 0 aliphatic carbocycles. The van der Waals surface area contributed by atoms with Crippen LogP contribution in [-0.2, 0) is 10.0 Å². The maximum absolute atomic E-state index is 10.6. The molecule has 0 bridgehead atoms. The van der Waals surface area contributed by atoms with E-state index < -0.39 is 10.0 Å². The zero-order valence-electron chi connectivity index (χ0n) is 8.18. The first kappa shape index (κ1) is 11.7. The van der Waals surface area contributed by atoms with Crippen molar-refractivity contribution < 1.29 is 8.42 Å². The second-order valence-electron chi connectivity index (χ2n) is 3.09. The van der Waals surface area contributed by atoms with E-state index >= 15 is 0 Å². The molecule has 0 atom stereocenters. The van der Waals surface area contributed by atoms with Gasteiger partial charge in [-0.2, -0.15) is 0 Å². The Kier molecular flexibility index (Phi) is 3.87. The summed E-state index contributed by atoms with van der Waals surface area (Å²) in [6.07, 6.45) is 2.03. The number of anilines is 2. The van der Waals surface area contributed by atoms with Gasteiger partial charge in [-0.3, -0.25) is 0 Å². The third-order valence-corrected chi connectivity index (χ3v) is 2.59. The van der Waals surface area contributed by atoms with E-state index in [1.807, 2.05) is 0 Å². The van der Waals surface area contributed by atoms with Crippen LogP contribution in [0.2, 0.25) is 0 Å². The molecular weight excluding hydrogens is 216 g/mol. The predicted molar refractivity (Wildman–Crippen MR) is 59.7 cm³/mol. The van der Waals surface area contributed by atoms with E-state index in [4.69, 9.17) is 10.9 Å². The molecule has 0 aliphatic rings. The van der Waals surface area contributed by atoms with Crippen molar-refractivity contribution in [3.63, 3.8) is 0 Å². The summed E-state index contributed by atoms with van der Waals surface area (Å²) in [5, 5.41) is 7.78. The molecule has 1 heterocycles. The highest BCUT2D eigenvalue weighted by Gasteiger charge is 2.02. The first-order valence-electron chi connectivity index (χ1n) is 4.44. The van der Waals surface area contributed by atoms with Crippen molar-refractivity contribution in [1.29, 1.82) is 0 Å². The average molecular weight is 230 g/mol. The average Bonchev–Trinajstić information content (AvgIpc) is 2.13. The molecule has 6 nitrogen and oxygen atoms in total. The first-order chi connectivity index (χ1) is 6.99. The van der Waals surface area contributed by atoms with E-state index in [-0.39, 0.29) is 5.75 Å². The lowest BCUT2D eigenvalue weighted by molar-refractivity contribution is 0.596. The fourth-order valence-electron chi connectivity index (χ4n) is 1.05. The molecule has 1 aromatic heterocycles. The lowest BCUT2D eigenvalue weighted by Crippen LogP contribution is -2.19. The number of nitrogens with one attached hydrogen (secondary N) is 1. The fraction of sp³-hybridized carbons (Fsp3) is 0.375. The highest BCUT2D eigenvalue weighted by molar-refractivity contribution is 7.89. The van der Waals surface area contributed by atoms with Crippen LogP contribution in [0, 0.1) is 0 Å². The Morgan fingerprint density at radius 1 is 1.47 bits per heavy atom. The quantitative estimate of drug-likeness (QED) is 0.604. The third-order valence-electron chi connectivity index (χ3n) is 1.74. The smallest absolute Gasteiger partial charge is 0.209 e. The van der Waals surface area contributed by atoms with Crippen LogP contribution >= 0.6 is 0 Å². The number of aromatic nitrogens is 1. The Morgan fingerprint density at radius 3 is 2.80 bits per heavy atom. The minimum atomic E-state index is -3.38. The largest absolute Gasteiger partial charge is 0.396 e. The summed E-state index contributed by atoms with van der Waals surface area (Å²) < 4.78 is 21.2. The molecule has 0 saturated carbocycles. The number of rotatable bonds is 5. The molecule has 1 aromatic rings. The lowest BCUT2D eigenvalue weighted by Gasteiger charge is -2.06. The van der Waals surface area contributed by atoms with Gasteiger partial charge in [0.2, 0.25) is 10.0 Å². The number of pyridine rings is 1. The zero-order valence-corrected chi connectivity index (χ0v) is 9.00. The standard InChI is InChI=1S/C8H14N4O2S/c9-7-3-1-4-11-8(7)12-5-2-6-15(10,13)14/h1,3-4H,2,5-6,9H2,(H,11,12)(H2,10,13,14). The van der Waals surface area contributed by atoms with E-state index in [2.05, 4.69) is 10.3 Å². The van der Waals surface area contributed by atoms with E-state index in [9.17, 15) is 8.42 Å². The van der Waals surface area contributed by atoms with Crippen molar-refractivity contribution >= 4 is 21.5 Å². The molecule has 0 saturated heterocycles. The van der Waals surface area contributed by atoms with Crippen LogP contribution in [0.1, 0.15) is 6.42 Å². The molecule has 0 amide bonds. The summed E-state index contributed by atoms with van der Waals surface area (Å²) in [6, 6.07) is 3.44. The highest BCUT2D eigenvalue weighted by Crippen LogP contribution is 2.12. The van der Waals surface area contributed by atoms with Crippen molar-refractivity contribution in [2.45, 2.75) is 6.42 Å². The SMILES string of the molecule is Nc1cccnc1NCCCS(N)(=O)=O. The van der Waals surface area contributed by atoms with Crippen LogP contribution in [0.3, 0.4) is 0 Å². The molecular formula is C8H14N4O2S. The zero-order chi connectivity index (χ0) is 11.3. The first-order valence-corrected chi connectivity index (χ1v) is 6.15. The summed E-state index contributed by atoms with van der Waals surface area (Å²) >= 11 is 0. The summed E-state index contributed by atoms with van der Waals surface area (Å²) in [5.41, 5.74) is 6.16. The fourth-order valence-corrected chi connectivity index (χ4v) is 1.59. The number of nitrogen functional groups attached to an aromatic ring is 1. The normalized spacial score (nSPS) is 11.3. The number of hydrogen-bond acceptors (Lipinski definition) is 5. The van der Waals surface area contributed by atoms with E-state index in [0.717, 1.165) is 0 Å². The van der Waals surface area contributed by atoms with Gasteiger partial charge in [-0.15, -0.1) is 0 Å². The molecule has 5 N–H and O–H groups in total. The van der Waals surface area contributed by atoms with E-state index in [1.54, 1.807) is 18.3 Å². The van der Waals surface area contributed by atoms with Crippen molar-refractivity contribution in [2.24, 2.45) is 5.14 Å². The number of hydrogen-bond donors (Lipinski definition) is 3. The van der Waals surface area contributed by atoms with E-state index in [1.165, 1.54) is 0 Å². The summed E-state index contributed by atoms with van der Waals surface area (Å²) in [7, 11) is -3.38. The molecule has 0 fully saturated rings. The van der Waals surface area contributed by atoms with Gasteiger partial charge in [0.05, 0.1) is 11.4 Å². The van der Waals surface area contributed by atoms with Crippen molar-refractivity contribution in [3.8, 4) is 0 Å². The minimum Gasteiger partial charge on any atom is -0.396 e. The van der Waals surface area contributed by atoms with Crippen molar-refractivity contribution in [2.75, 3.05) is 23.3 Å². The minimum absolute atomic E-state index is 0.0489. The summed E-state index contributed by atoms with van der Waals surface area (Å²) in [6.45, 7) is 0.470. The second kappa shape index (κ2) is 4.94. The Bertz CT molecular complexity index is 418. The lowest BCUT2D eigenvalue weighted by atomic mass is 10.4. The van der Waals surface area contributed by atoms with Gasteiger partial charge in [0.15, 0.2) is 0 Å². The second-order valence-corrected chi connectivity index (χ2v) is 4.82. The Hall–Kier alpha value is -1.34. The van der Waals surface area contributed by atoms with Crippen molar-refractivity contribution in [3.05, 3.63) is 18.3 Å². The van der Waals surface area contributed by atoms with Crippen LogP contribution in [-0.4, -0.2) is 25.7 Å². The van der Waals surface area contributed by atoms with Gasteiger partial charge >= 0.3 is 0 Å². The monoisotopic (exact) mass is 230 g/mol. The van der Waals surface area contributed by atoms with Crippen LogP contribution in [0.4, 0.5) is 11.5 Å². The van der Waals surface area contributed by atoms with Gasteiger partial charge in [0, 0.05) is 12.7 Å². The summed E-state index contributed by atoms with van der Waals surface area (Å²) in [5.74, 6) is 0.513. The Morgan fingerprint density at radius 2 is 2.20 bits per heavy atom. The number of nitrogens with zero attached hydrogens (tertiary/aromatic N) is 1. The molecule has 0 unspecified atom stereocenters. The third kappa shape index (κ3) is 4.61. The van der Waals surface area contributed by atoms with Gasteiger partial charge in [0.25, 0.3) is 0 Å². The van der Waals surface area contributed by atoms with Crippen LogP contribution < -0.4 is 16.2 Å². The van der Waals surface area contributed by atoms with Crippen molar-refractivity contribution in [1.82, 2.24) is 4.98 Å². The van der Waals surface area contributed by atoms with Crippen LogP contribution in [0.15, 0.2) is 18.3 Å². The molecule has 1 rings (SSSR count). The Labute approximate surface area is 88.7 Å². The molecule has 0 aliphatic heterocycles. The van der Waals surface area contributed by atoms with Crippen LogP contribution in [0.25, 0.3) is 0 Å². The molecule has 84 valence electrons. The Balaban J connectivity index is 2.36. The number of nitrogens with two attached hydrogens (primary N) is 2. The molecule has 0 spiro atoms. The maximum atomic E-state index is 10.6. The number of primary sulfonamides is 1. The number of sulfonamides is 1. The molecule has 7 heteroatoms.